The highest BCUT2D eigenvalue weighted by atomic mass is 127. The topological polar surface area (TPSA) is 85.5 Å². The zero-order chi connectivity index (χ0) is 12.3. The van der Waals surface area contributed by atoms with E-state index in [1.807, 2.05) is 0 Å². The maximum atomic E-state index is 10.8. The minimum Gasteiger partial charge on any atom is -0.484 e. The number of ether oxygens (including phenoxy) is 1. The van der Waals surface area contributed by atoms with E-state index in [4.69, 9.17) is 9.84 Å². The highest BCUT2D eigenvalue weighted by Crippen LogP contribution is 2.23. The number of halogens is 1. The summed E-state index contributed by atoms with van der Waals surface area (Å²) in [5.74, 6) is -0.109. The van der Waals surface area contributed by atoms with Gasteiger partial charge in [-0.15, -0.1) is 0 Å². The monoisotopic (exact) mass is 346 g/mol. The molecule has 0 atom stereocenters. The van der Waals surface area contributed by atoms with Crippen molar-refractivity contribution in [3.05, 3.63) is 39.6 Å². The molecule has 0 radical (unpaired) electrons. The lowest BCUT2D eigenvalue weighted by Gasteiger charge is -2.06. The molecule has 0 aliphatic heterocycles. The molecule has 88 valence electrons. The second-order valence-corrected chi connectivity index (χ2v) is 4.25. The zero-order valence-corrected chi connectivity index (χ0v) is 10.6. The Labute approximate surface area is 110 Å². The number of carboxylic acid groups (broad SMARTS) is 1. The Morgan fingerprint density at radius 3 is 3.00 bits per heavy atom. The molecule has 1 heterocycles. The van der Waals surface area contributed by atoms with Gasteiger partial charge < -0.3 is 14.4 Å². The van der Waals surface area contributed by atoms with Gasteiger partial charge in [-0.25, -0.2) is 4.79 Å². The first-order valence-electron chi connectivity index (χ1n) is 4.57. The summed E-state index contributed by atoms with van der Waals surface area (Å²) in [5.41, 5.74) is 0.175. The number of aromatic carboxylic acids is 1. The van der Waals surface area contributed by atoms with Crippen molar-refractivity contribution < 1.29 is 19.2 Å². The van der Waals surface area contributed by atoms with E-state index in [2.05, 4.69) is 37.3 Å². The van der Waals surface area contributed by atoms with Crippen LogP contribution >= 0.6 is 22.6 Å². The fraction of sp³-hybridized carbons (Fsp3) is 0.100. The predicted octanol–water partition coefficient (Wildman–Crippen LogP) is 1.95. The van der Waals surface area contributed by atoms with Crippen LogP contribution in [-0.2, 0) is 6.61 Å². The van der Waals surface area contributed by atoms with Crippen LogP contribution < -0.4 is 4.74 Å². The second-order valence-electron chi connectivity index (χ2n) is 3.09. The van der Waals surface area contributed by atoms with Crippen LogP contribution in [0.25, 0.3) is 0 Å². The standard InChI is InChI=1S/C10H7IN2O4/c11-7-2-1-6(10(14)15)3-8(7)16-4-9-12-5-17-13-9/h1-3,5H,4H2,(H,14,15). The average molecular weight is 346 g/mol. The largest absolute Gasteiger partial charge is 0.484 e. The van der Waals surface area contributed by atoms with E-state index in [-0.39, 0.29) is 12.2 Å². The molecular weight excluding hydrogens is 339 g/mol. The first-order chi connectivity index (χ1) is 8.16. The van der Waals surface area contributed by atoms with Gasteiger partial charge in [0, 0.05) is 0 Å². The van der Waals surface area contributed by atoms with Gasteiger partial charge in [0.15, 0.2) is 6.61 Å². The van der Waals surface area contributed by atoms with Crippen molar-refractivity contribution >= 4 is 28.6 Å². The van der Waals surface area contributed by atoms with E-state index in [1.165, 1.54) is 18.5 Å². The van der Waals surface area contributed by atoms with Gasteiger partial charge in [-0.2, -0.15) is 4.98 Å². The molecular formula is C10H7IN2O4. The molecule has 0 spiro atoms. The highest BCUT2D eigenvalue weighted by molar-refractivity contribution is 14.1. The normalized spacial score (nSPS) is 10.2. The van der Waals surface area contributed by atoms with Crippen LogP contribution in [-0.4, -0.2) is 21.2 Å². The van der Waals surface area contributed by atoms with E-state index < -0.39 is 5.97 Å². The second kappa shape index (κ2) is 5.13. The maximum Gasteiger partial charge on any atom is 0.335 e. The summed E-state index contributed by atoms with van der Waals surface area (Å²) in [7, 11) is 0. The summed E-state index contributed by atoms with van der Waals surface area (Å²) in [4.78, 5) is 14.6. The van der Waals surface area contributed by atoms with E-state index >= 15 is 0 Å². The first kappa shape index (κ1) is 11.8. The molecule has 0 saturated carbocycles. The molecule has 0 aliphatic rings. The molecule has 0 saturated heterocycles. The SMILES string of the molecule is O=C(O)c1ccc(I)c(OCc2ncon2)c1. The average Bonchev–Trinajstić information content (AvgIpc) is 2.80. The number of nitrogens with zero attached hydrogens (tertiary/aromatic N) is 2. The van der Waals surface area contributed by atoms with Gasteiger partial charge in [-0.05, 0) is 40.8 Å². The smallest absolute Gasteiger partial charge is 0.335 e. The highest BCUT2D eigenvalue weighted by Gasteiger charge is 2.09. The Morgan fingerprint density at radius 1 is 1.53 bits per heavy atom. The lowest BCUT2D eigenvalue weighted by Crippen LogP contribution is -2.02. The van der Waals surface area contributed by atoms with Crippen LogP contribution in [0.2, 0.25) is 0 Å². The molecule has 0 amide bonds. The van der Waals surface area contributed by atoms with Crippen LogP contribution in [0.3, 0.4) is 0 Å². The number of hydrogen-bond acceptors (Lipinski definition) is 5. The first-order valence-corrected chi connectivity index (χ1v) is 5.65. The summed E-state index contributed by atoms with van der Waals surface area (Å²) in [6, 6.07) is 4.66. The lowest BCUT2D eigenvalue weighted by atomic mass is 10.2. The Balaban J connectivity index is 2.14. The third-order valence-corrected chi connectivity index (χ3v) is 2.83. The molecule has 1 aromatic heterocycles. The summed E-state index contributed by atoms with van der Waals surface area (Å²) < 4.78 is 10.8. The van der Waals surface area contributed by atoms with Crippen LogP contribution in [0.5, 0.6) is 5.75 Å². The van der Waals surface area contributed by atoms with Crippen molar-refractivity contribution in [3.8, 4) is 5.75 Å². The summed E-state index contributed by atoms with van der Waals surface area (Å²) in [6.45, 7) is 0.134. The van der Waals surface area contributed by atoms with Crippen LogP contribution in [0.4, 0.5) is 0 Å². The van der Waals surface area contributed by atoms with E-state index in [0.717, 1.165) is 3.57 Å². The van der Waals surface area contributed by atoms with Crippen molar-refractivity contribution in [1.82, 2.24) is 10.1 Å². The number of rotatable bonds is 4. The van der Waals surface area contributed by atoms with Gasteiger partial charge in [0.05, 0.1) is 9.13 Å². The zero-order valence-electron chi connectivity index (χ0n) is 8.46. The summed E-state index contributed by atoms with van der Waals surface area (Å²) in [6.07, 6.45) is 1.21. The summed E-state index contributed by atoms with van der Waals surface area (Å²) >= 11 is 2.06. The van der Waals surface area contributed by atoms with Crippen molar-refractivity contribution in [1.29, 1.82) is 0 Å². The van der Waals surface area contributed by atoms with Crippen molar-refractivity contribution in [2.75, 3.05) is 0 Å². The number of carbonyl (C=O) groups is 1. The van der Waals surface area contributed by atoms with Crippen LogP contribution in [0.15, 0.2) is 29.1 Å². The van der Waals surface area contributed by atoms with Gasteiger partial charge in [-0.3, -0.25) is 0 Å². The fourth-order valence-electron chi connectivity index (χ4n) is 1.15. The van der Waals surface area contributed by atoms with Gasteiger partial charge in [0.1, 0.15) is 5.75 Å². The predicted molar refractivity (Wildman–Crippen MR) is 64.7 cm³/mol. The van der Waals surface area contributed by atoms with Crippen molar-refractivity contribution in [2.45, 2.75) is 6.61 Å². The number of hydrogen-bond donors (Lipinski definition) is 1. The quantitative estimate of drug-likeness (QED) is 0.852. The Bertz CT molecular complexity index is 527. The Kier molecular flexibility index (Phi) is 3.57. The van der Waals surface area contributed by atoms with E-state index in [0.29, 0.717) is 11.6 Å². The minimum absolute atomic E-state index is 0.134. The third-order valence-electron chi connectivity index (χ3n) is 1.94. The van der Waals surface area contributed by atoms with Gasteiger partial charge in [-0.1, -0.05) is 5.16 Å². The molecule has 1 N–H and O–H groups in total. The maximum absolute atomic E-state index is 10.8. The lowest BCUT2D eigenvalue weighted by molar-refractivity contribution is 0.0696. The van der Waals surface area contributed by atoms with Crippen LogP contribution in [0, 0.1) is 3.57 Å². The number of benzene rings is 1. The molecule has 0 aliphatic carbocycles. The van der Waals surface area contributed by atoms with E-state index in [1.54, 1.807) is 6.07 Å². The fourth-order valence-corrected chi connectivity index (χ4v) is 1.64. The van der Waals surface area contributed by atoms with Gasteiger partial charge in [0.25, 0.3) is 0 Å². The molecule has 2 aromatic rings. The van der Waals surface area contributed by atoms with Crippen molar-refractivity contribution in [3.63, 3.8) is 0 Å². The van der Waals surface area contributed by atoms with E-state index in [9.17, 15) is 4.79 Å². The van der Waals surface area contributed by atoms with Gasteiger partial charge in [0.2, 0.25) is 12.2 Å². The molecule has 17 heavy (non-hydrogen) atoms. The van der Waals surface area contributed by atoms with Crippen molar-refractivity contribution in [2.24, 2.45) is 0 Å². The number of aromatic nitrogens is 2. The molecule has 2 rings (SSSR count). The Morgan fingerprint density at radius 2 is 2.35 bits per heavy atom. The van der Waals surface area contributed by atoms with Crippen LogP contribution in [0.1, 0.15) is 16.2 Å². The minimum atomic E-state index is -0.995. The molecule has 1 aromatic carbocycles. The molecule has 6 nitrogen and oxygen atoms in total. The van der Waals surface area contributed by atoms with Gasteiger partial charge >= 0.3 is 5.97 Å². The molecule has 0 unspecified atom stereocenters. The number of carboxylic acids is 1. The molecule has 0 fully saturated rings. The molecule has 7 heteroatoms. The summed E-state index contributed by atoms with van der Waals surface area (Å²) in [5, 5.41) is 12.4. The third kappa shape index (κ3) is 2.93. The molecule has 0 bridgehead atoms. The Hall–Kier alpha value is -1.64.